The third kappa shape index (κ3) is 6.50. The fourth-order valence-corrected chi connectivity index (χ4v) is 3.56. The molecule has 8 nitrogen and oxygen atoms in total. The van der Waals surface area contributed by atoms with Gasteiger partial charge in [-0.3, -0.25) is 9.48 Å². The van der Waals surface area contributed by atoms with Gasteiger partial charge in [-0.2, -0.15) is 0 Å². The van der Waals surface area contributed by atoms with Crippen LogP contribution >= 0.6 is 0 Å². The number of aryl methyl sites for hydroxylation is 2. The summed E-state index contributed by atoms with van der Waals surface area (Å²) in [6.45, 7) is 5.30. The summed E-state index contributed by atoms with van der Waals surface area (Å²) in [5.41, 5.74) is 3.53. The average molecular weight is 476 g/mol. The highest BCUT2D eigenvalue weighted by atomic mass is 16.5. The number of aromatic nitrogens is 3. The van der Waals surface area contributed by atoms with Crippen LogP contribution in [0.3, 0.4) is 0 Å². The molecule has 0 radical (unpaired) electrons. The van der Waals surface area contributed by atoms with Crippen LogP contribution < -0.4 is 9.47 Å². The third-order valence-corrected chi connectivity index (χ3v) is 5.41. The summed E-state index contributed by atoms with van der Waals surface area (Å²) in [4.78, 5) is 15.5. The van der Waals surface area contributed by atoms with Crippen molar-refractivity contribution in [1.29, 1.82) is 0 Å². The van der Waals surface area contributed by atoms with E-state index in [1.807, 2.05) is 74.6 Å². The van der Waals surface area contributed by atoms with Crippen molar-refractivity contribution in [2.24, 2.45) is 0 Å². The van der Waals surface area contributed by atoms with E-state index in [4.69, 9.17) is 19.0 Å². The summed E-state index contributed by atoms with van der Waals surface area (Å²) in [6.07, 6.45) is 3.14. The number of hydrogen-bond donors (Lipinski definition) is 1. The summed E-state index contributed by atoms with van der Waals surface area (Å²) in [7, 11) is 0. The van der Waals surface area contributed by atoms with Crippen molar-refractivity contribution in [2.75, 3.05) is 6.61 Å². The van der Waals surface area contributed by atoms with E-state index in [-0.39, 0.29) is 6.42 Å². The largest absolute Gasteiger partial charge is 0.487 e. The molecule has 0 atom stereocenters. The first-order valence-corrected chi connectivity index (χ1v) is 11.7. The van der Waals surface area contributed by atoms with Gasteiger partial charge >= 0.3 is 5.97 Å². The summed E-state index contributed by atoms with van der Waals surface area (Å²) < 4.78 is 19.2. The van der Waals surface area contributed by atoms with Crippen LogP contribution in [0.25, 0.3) is 11.5 Å². The van der Waals surface area contributed by atoms with Crippen LogP contribution in [0, 0.1) is 6.92 Å². The molecule has 2 heterocycles. The Balaban J connectivity index is 1.37. The molecule has 2 aromatic carbocycles. The van der Waals surface area contributed by atoms with Crippen LogP contribution in [0.4, 0.5) is 0 Å². The van der Waals surface area contributed by atoms with Gasteiger partial charge < -0.3 is 19.0 Å². The van der Waals surface area contributed by atoms with E-state index < -0.39 is 5.97 Å². The van der Waals surface area contributed by atoms with Gasteiger partial charge in [0.1, 0.15) is 23.8 Å². The number of benzene rings is 2. The van der Waals surface area contributed by atoms with Crippen LogP contribution in [0.1, 0.15) is 42.3 Å². The number of nitrogens with zero attached hydrogens (tertiary/aromatic N) is 3. The molecule has 0 aliphatic carbocycles. The molecule has 4 aromatic rings. The van der Waals surface area contributed by atoms with Gasteiger partial charge in [0.25, 0.3) is 0 Å². The standard InChI is InChI=1S/C27H29N3O5/c1-3-15-33-27-22(11-14-25(31)32)17-30(29-27)16-20-9-12-23(13-10-20)34-18-24-19(2)35-26(28-24)21-7-5-4-6-8-21/h4-10,12-13,17H,3,11,14-16,18H2,1-2H3,(H,31,32). The maximum atomic E-state index is 11.0. The lowest BCUT2D eigenvalue weighted by atomic mass is 10.2. The number of carboxylic acid groups (broad SMARTS) is 1. The molecule has 0 fully saturated rings. The van der Waals surface area contributed by atoms with Gasteiger partial charge in [0, 0.05) is 23.7 Å². The number of carboxylic acids is 1. The minimum Gasteiger partial charge on any atom is -0.487 e. The second kappa shape index (κ2) is 11.4. The molecule has 0 amide bonds. The van der Waals surface area contributed by atoms with Crippen molar-refractivity contribution >= 4 is 5.97 Å². The Morgan fingerprint density at radius 1 is 1.09 bits per heavy atom. The van der Waals surface area contributed by atoms with E-state index in [2.05, 4.69) is 10.1 Å². The van der Waals surface area contributed by atoms with Crippen LogP contribution in [-0.2, 0) is 24.4 Å². The molecule has 1 N–H and O–H groups in total. The van der Waals surface area contributed by atoms with E-state index in [1.54, 1.807) is 4.68 Å². The first-order valence-electron chi connectivity index (χ1n) is 11.7. The van der Waals surface area contributed by atoms with E-state index in [0.29, 0.717) is 38.0 Å². The molecule has 2 aromatic heterocycles. The number of oxazole rings is 1. The van der Waals surface area contributed by atoms with E-state index in [9.17, 15) is 4.79 Å². The van der Waals surface area contributed by atoms with Gasteiger partial charge in [0.05, 0.1) is 13.2 Å². The lowest BCUT2D eigenvalue weighted by Crippen LogP contribution is -2.02. The normalized spacial score (nSPS) is 10.9. The van der Waals surface area contributed by atoms with Gasteiger partial charge in [0.2, 0.25) is 11.8 Å². The van der Waals surface area contributed by atoms with Crippen LogP contribution in [0.15, 0.2) is 65.2 Å². The maximum Gasteiger partial charge on any atom is 0.303 e. The SMILES string of the molecule is CCCOc1nn(Cc2ccc(OCc3nc(-c4ccccc4)oc3C)cc2)cc1CCC(=O)O. The minimum atomic E-state index is -0.841. The van der Waals surface area contributed by atoms with Crippen molar-refractivity contribution in [3.8, 4) is 23.1 Å². The Kier molecular flexibility index (Phi) is 7.82. The zero-order valence-electron chi connectivity index (χ0n) is 19.9. The topological polar surface area (TPSA) is 99.6 Å². The Morgan fingerprint density at radius 2 is 1.86 bits per heavy atom. The van der Waals surface area contributed by atoms with Crippen molar-refractivity contribution < 1.29 is 23.8 Å². The minimum absolute atomic E-state index is 0.0397. The predicted octanol–water partition coefficient (Wildman–Crippen LogP) is 5.28. The average Bonchev–Trinajstić information content (AvgIpc) is 3.44. The number of ether oxygens (including phenoxy) is 2. The number of aliphatic carboxylic acids is 1. The molecule has 0 spiro atoms. The van der Waals surface area contributed by atoms with Crippen molar-refractivity contribution in [3.05, 3.63) is 83.4 Å². The molecule has 8 heteroatoms. The highest BCUT2D eigenvalue weighted by molar-refractivity contribution is 5.67. The Hall–Kier alpha value is -4.07. The smallest absolute Gasteiger partial charge is 0.303 e. The molecule has 0 unspecified atom stereocenters. The lowest BCUT2D eigenvalue weighted by molar-refractivity contribution is -0.136. The molecule has 35 heavy (non-hydrogen) atoms. The van der Waals surface area contributed by atoms with Gasteiger partial charge in [-0.15, -0.1) is 5.10 Å². The zero-order valence-corrected chi connectivity index (χ0v) is 19.9. The maximum absolute atomic E-state index is 11.0. The molecule has 0 aliphatic heterocycles. The van der Waals surface area contributed by atoms with Gasteiger partial charge in [-0.25, -0.2) is 4.98 Å². The van der Waals surface area contributed by atoms with Crippen LogP contribution in [0.5, 0.6) is 11.6 Å². The number of hydrogen-bond acceptors (Lipinski definition) is 6. The monoisotopic (exact) mass is 475 g/mol. The molecule has 0 bridgehead atoms. The summed E-state index contributed by atoms with van der Waals surface area (Å²) >= 11 is 0. The molecule has 0 saturated carbocycles. The Labute approximate surface area is 204 Å². The summed E-state index contributed by atoms with van der Waals surface area (Å²) in [5.74, 6) is 1.71. The molecule has 182 valence electrons. The molecular formula is C27H29N3O5. The Bertz CT molecular complexity index is 1250. The highest BCUT2D eigenvalue weighted by Crippen LogP contribution is 2.23. The van der Waals surface area contributed by atoms with Gasteiger partial charge in [-0.1, -0.05) is 37.3 Å². The molecular weight excluding hydrogens is 446 g/mol. The lowest BCUT2D eigenvalue weighted by Gasteiger charge is -2.06. The Morgan fingerprint density at radius 3 is 2.57 bits per heavy atom. The van der Waals surface area contributed by atoms with Gasteiger partial charge in [-0.05, 0) is 49.6 Å². The fourth-order valence-electron chi connectivity index (χ4n) is 3.56. The predicted molar refractivity (Wildman–Crippen MR) is 131 cm³/mol. The van der Waals surface area contributed by atoms with Crippen molar-refractivity contribution in [3.63, 3.8) is 0 Å². The van der Waals surface area contributed by atoms with E-state index in [0.717, 1.165) is 40.3 Å². The summed E-state index contributed by atoms with van der Waals surface area (Å²) in [6, 6.07) is 17.5. The first-order chi connectivity index (χ1) is 17.0. The van der Waals surface area contributed by atoms with Crippen LogP contribution in [-0.4, -0.2) is 32.4 Å². The zero-order chi connectivity index (χ0) is 24.6. The molecule has 0 saturated heterocycles. The number of carbonyl (C=O) groups is 1. The number of rotatable bonds is 12. The quantitative estimate of drug-likeness (QED) is 0.298. The highest BCUT2D eigenvalue weighted by Gasteiger charge is 2.14. The fraction of sp³-hybridized carbons (Fsp3) is 0.296. The third-order valence-electron chi connectivity index (χ3n) is 5.41. The molecule has 0 aliphatic rings. The van der Waals surface area contributed by atoms with Crippen molar-refractivity contribution in [1.82, 2.24) is 14.8 Å². The van der Waals surface area contributed by atoms with E-state index >= 15 is 0 Å². The van der Waals surface area contributed by atoms with Gasteiger partial charge in [0.15, 0.2) is 0 Å². The van der Waals surface area contributed by atoms with Crippen LogP contribution in [0.2, 0.25) is 0 Å². The summed E-state index contributed by atoms with van der Waals surface area (Å²) in [5, 5.41) is 13.5. The first kappa shape index (κ1) is 24.1. The second-order valence-corrected chi connectivity index (χ2v) is 8.22. The molecule has 4 rings (SSSR count). The van der Waals surface area contributed by atoms with Crippen molar-refractivity contribution in [2.45, 2.75) is 46.3 Å². The second-order valence-electron chi connectivity index (χ2n) is 8.22. The van der Waals surface area contributed by atoms with E-state index in [1.165, 1.54) is 0 Å².